The molecule has 2 N–H and O–H groups in total. The summed E-state index contributed by atoms with van der Waals surface area (Å²) in [6.07, 6.45) is 1.91. The first-order chi connectivity index (χ1) is 17.6. The Morgan fingerprint density at radius 2 is 1.54 bits per heavy atom. The summed E-state index contributed by atoms with van der Waals surface area (Å²) >= 11 is 13.6. The van der Waals surface area contributed by atoms with Gasteiger partial charge in [-0.05, 0) is 6.07 Å². The minimum absolute atomic E-state index is 0.0164. The summed E-state index contributed by atoms with van der Waals surface area (Å²) in [5, 5.41) is 0.373. The van der Waals surface area contributed by atoms with Crippen molar-refractivity contribution in [3.05, 3.63) is 84.6 Å². The van der Waals surface area contributed by atoms with Crippen molar-refractivity contribution in [3.8, 4) is 39.7 Å². The molecule has 10 nitrogen and oxygen atoms in total. The van der Waals surface area contributed by atoms with Crippen LogP contribution in [0.4, 0.5) is 0 Å². The van der Waals surface area contributed by atoms with Gasteiger partial charge in [-0.15, -0.1) is 0 Å². The number of nitrogens with zero attached hydrogens (tertiary/aromatic N) is 4. The van der Waals surface area contributed by atoms with E-state index in [0.29, 0.717) is 23.0 Å². The fraction of sp³-hybridized carbons (Fsp3) is 0.120. The van der Waals surface area contributed by atoms with Gasteiger partial charge in [0.1, 0.15) is 5.56 Å². The first kappa shape index (κ1) is 25.8. The zero-order chi connectivity index (χ0) is 27.0. The molecule has 37 heavy (non-hydrogen) atoms. The SMILES string of the molecule is COc1nc(-c2cccc(-c3cccc(-c4c(C(N)=O)c(=O)n(C)c(=O)n4C)c3Cl)c2Cl)ncc1C=O. The third-order valence-electron chi connectivity index (χ3n) is 5.80. The van der Waals surface area contributed by atoms with Crippen molar-refractivity contribution in [3.63, 3.8) is 0 Å². The zero-order valence-electron chi connectivity index (χ0n) is 19.8. The molecule has 2 aromatic carbocycles. The molecule has 12 heteroatoms. The number of carbonyl (C=O) groups excluding carboxylic acids is 2. The Kier molecular flexibility index (Phi) is 6.97. The van der Waals surface area contributed by atoms with E-state index in [-0.39, 0.29) is 44.1 Å². The molecule has 0 saturated heterocycles. The number of amides is 1. The number of halogens is 2. The molecule has 0 atom stereocenters. The summed E-state index contributed by atoms with van der Waals surface area (Å²) < 4.78 is 7.10. The van der Waals surface area contributed by atoms with Crippen LogP contribution in [0.5, 0.6) is 5.88 Å². The summed E-state index contributed by atoms with van der Waals surface area (Å²) in [6.45, 7) is 0. The summed E-state index contributed by atoms with van der Waals surface area (Å²) in [5.41, 5.74) is 5.42. The molecule has 2 aromatic heterocycles. The lowest BCUT2D eigenvalue weighted by Crippen LogP contribution is -2.42. The van der Waals surface area contributed by atoms with E-state index in [9.17, 15) is 19.2 Å². The standard InChI is InChI=1S/C25H19Cl2N5O5/c1-31-20(17(21(28)34)24(35)32(2)25(31)36)15-8-4-6-13(18(15)26)14-7-5-9-16(19(14)27)22-29-10-12(11-33)23(30-22)37-3/h4-11H,1-3H3,(H2,28,34). The minimum Gasteiger partial charge on any atom is -0.480 e. The Hall–Kier alpha value is -4.28. The lowest BCUT2D eigenvalue weighted by Gasteiger charge is -2.17. The highest BCUT2D eigenvalue weighted by atomic mass is 35.5. The predicted octanol–water partition coefficient (Wildman–Crippen LogP) is 3.10. The van der Waals surface area contributed by atoms with E-state index in [1.54, 1.807) is 36.4 Å². The van der Waals surface area contributed by atoms with Crippen molar-refractivity contribution in [1.82, 2.24) is 19.1 Å². The molecule has 2 heterocycles. The van der Waals surface area contributed by atoms with Crippen LogP contribution in [0.1, 0.15) is 20.7 Å². The van der Waals surface area contributed by atoms with E-state index in [1.165, 1.54) is 27.4 Å². The van der Waals surface area contributed by atoms with Crippen LogP contribution in [0.25, 0.3) is 33.8 Å². The number of ether oxygens (including phenoxy) is 1. The summed E-state index contributed by atoms with van der Waals surface area (Å²) in [7, 11) is 4.05. The maximum atomic E-state index is 12.7. The van der Waals surface area contributed by atoms with E-state index in [4.69, 9.17) is 33.7 Å². The topological polar surface area (TPSA) is 139 Å². The van der Waals surface area contributed by atoms with Crippen LogP contribution in [0.3, 0.4) is 0 Å². The molecule has 0 aliphatic heterocycles. The fourth-order valence-corrected chi connectivity index (χ4v) is 4.60. The molecule has 0 spiro atoms. The number of rotatable bonds is 6. The number of nitrogens with two attached hydrogens (primary N) is 1. The molecule has 4 aromatic rings. The molecule has 0 saturated carbocycles. The molecular formula is C25H19Cl2N5O5. The third kappa shape index (κ3) is 4.30. The Balaban J connectivity index is 1.97. The third-order valence-corrected chi connectivity index (χ3v) is 6.61. The van der Waals surface area contributed by atoms with Crippen LogP contribution in [0.2, 0.25) is 10.0 Å². The number of aromatic nitrogens is 4. The van der Waals surface area contributed by atoms with Crippen molar-refractivity contribution >= 4 is 35.4 Å². The molecule has 0 unspecified atom stereocenters. The molecule has 0 bridgehead atoms. The van der Waals surface area contributed by atoms with Crippen molar-refractivity contribution < 1.29 is 14.3 Å². The average molecular weight is 540 g/mol. The van der Waals surface area contributed by atoms with Crippen LogP contribution in [0.15, 0.2) is 52.2 Å². The van der Waals surface area contributed by atoms with Crippen LogP contribution < -0.4 is 21.7 Å². The van der Waals surface area contributed by atoms with Gasteiger partial charge in [-0.25, -0.2) is 9.78 Å². The Morgan fingerprint density at radius 1 is 0.973 bits per heavy atom. The van der Waals surface area contributed by atoms with Crippen molar-refractivity contribution in [2.45, 2.75) is 0 Å². The molecular weight excluding hydrogens is 521 g/mol. The quantitative estimate of drug-likeness (QED) is 0.371. The van der Waals surface area contributed by atoms with E-state index in [1.807, 2.05) is 0 Å². The van der Waals surface area contributed by atoms with Crippen molar-refractivity contribution in [1.29, 1.82) is 0 Å². The molecule has 0 radical (unpaired) electrons. The number of aldehydes is 1. The molecule has 4 rings (SSSR count). The molecule has 188 valence electrons. The predicted molar refractivity (Wildman–Crippen MR) is 139 cm³/mol. The fourth-order valence-electron chi connectivity index (χ4n) is 3.97. The van der Waals surface area contributed by atoms with Gasteiger partial charge in [0.15, 0.2) is 12.1 Å². The van der Waals surface area contributed by atoms with Crippen LogP contribution in [-0.4, -0.2) is 38.4 Å². The first-order valence-electron chi connectivity index (χ1n) is 10.7. The van der Waals surface area contributed by atoms with Gasteiger partial charge >= 0.3 is 5.69 Å². The molecule has 0 aliphatic rings. The number of benzene rings is 2. The lowest BCUT2D eigenvalue weighted by molar-refractivity contribution is 0.0997. The average Bonchev–Trinajstić information content (AvgIpc) is 2.89. The van der Waals surface area contributed by atoms with Gasteiger partial charge < -0.3 is 10.5 Å². The van der Waals surface area contributed by atoms with Gasteiger partial charge in [0.2, 0.25) is 5.88 Å². The van der Waals surface area contributed by atoms with E-state index >= 15 is 0 Å². The maximum Gasteiger partial charge on any atom is 0.330 e. The molecule has 0 aliphatic carbocycles. The first-order valence-corrected chi connectivity index (χ1v) is 11.4. The van der Waals surface area contributed by atoms with E-state index in [2.05, 4.69) is 9.97 Å². The summed E-state index contributed by atoms with van der Waals surface area (Å²) in [4.78, 5) is 57.3. The highest BCUT2D eigenvalue weighted by Crippen LogP contribution is 2.42. The largest absolute Gasteiger partial charge is 0.480 e. The highest BCUT2D eigenvalue weighted by molar-refractivity contribution is 6.39. The van der Waals surface area contributed by atoms with Gasteiger partial charge in [-0.3, -0.25) is 23.5 Å². The van der Waals surface area contributed by atoms with Crippen LogP contribution >= 0.6 is 23.2 Å². The van der Waals surface area contributed by atoms with Crippen molar-refractivity contribution in [2.75, 3.05) is 7.11 Å². The Bertz CT molecular complexity index is 1710. The normalized spacial score (nSPS) is 10.8. The minimum atomic E-state index is -1.00. The smallest absolute Gasteiger partial charge is 0.330 e. The van der Waals surface area contributed by atoms with E-state index in [0.717, 1.165) is 9.13 Å². The number of hydrogen-bond donors (Lipinski definition) is 1. The Labute approximate surface area is 219 Å². The summed E-state index contributed by atoms with van der Waals surface area (Å²) in [6, 6.07) is 10.0. The summed E-state index contributed by atoms with van der Waals surface area (Å²) in [5.74, 6) is -0.698. The lowest BCUT2D eigenvalue weighted by atomic mass is 9.97. The number of hydrogen-bond acceptors (Lipinski definition) is 7. The van der Waals surface area contributed by atoms with Gasteiger partial charge in [0.25, 0.3) is 11.5 Å². The second-order valence-electron chi connectivity index (χ2n) is 7.90. The second kappa shape index (κ2) is 10.00. The monoisotopic (exact) mass is 539 g/mol. The maximum absolute atomic E-state index is 12.7. The number of primary amides is 1. The van der Waals surface area contributed by atoms with Gasteiger partial charge in [-0.1, -0.05) is 53.5 Å². The van der Waals surface area contributed by atoms with Gasteiger partial charge in [0, 0.05) is 42.5 Å². The van der Waals surface area contributed by atoms with Crippen molar-refractivity contribution in [2.24, 2.45) is 19.8 Å². The number of carbonyl (C=O) groups is 2. The van der Waals surface area contributed by atoms with Crippen LogP contribution in [-0.2, 0) is 14.1 Å². The Morgan fingerprint density at radius 3 is 2.11 bits per heavy atom. The molecule has 1 amide bonds. The number of methoxy groups -OCH3 is 1. The van der Waals surface area contributed by atoms with Gasteiger partial charge in [0.05, 0.1) is 28.4 Å². The highest BCUT2D eigenvalue weighted by Gasteiger charge is 2.25. The second-order valence-corrected chi connectivity index (χ2v) is 8.66. The molecule has 0 fully saturated rings. The zero-order valence-corrected chi connectivity index (χ0v) is 21.3. The van der Waals surface area contributed by atoms with Gasteiger partial charge in [-0.2, -0.15) is 4.98 Å². The van der Waals surface area contributed by atoms with E-state index < -0.39 is 17.2 Å². The van der Waals surface area contributed by atoms with Crippen LogP contribution in [0, 0.1) is 0 Å².